The number of methoxy groups -OCH3 is 1. The normalized spacial score (nSPS) is 19.9. The van der Waals surface area contributed by atoms with Crippen LogP contribution < -0.4 is 0 Å². The summed E-state index contributed by atoms with van der Waals surface area (Å²) in [5.41, 5.74) is 2.67. The van der Waals surface area contributed by atoms with Crippen LogP contribution in [0.25, 0.3) is 0 Å². The Balaban J connectivity index is 1.67. The van der Waals surface area contributed by atoms with Crippen LogP contribution in [0.5, 0.6) is 0 Å². The highest BCUT2D eigenvalue weighted by molar-refractivity contribution is 5.72. The third-order valence-electron chi connectivity index (χ3n) is 5.98. The molecule has 3 rings (SSSR count). The highest BCUT2D eigenvalue weighted by Gasteiger charge is 2.30. The van der Waals surface area contributed by atoms with Gasteiger partial charge in [-0.2, -0.15) is 0 Å². The Morgan fingerprint density at radius 2 is 1.46 bits per heavy atom. The van der Waals surface area contributed by atoms with Crippen LogP contribution in [0.1, 0.15) is 49.7 Å². The maximum atomic E-state index is 12.3. The fourth-order valence-electron chi connectivity index (χ4n) is 4.44. The van der Waals surface area contributed by atoms with Crippen LogP contribution in [0, 0.1) is 11.8 Å². The fourth-order valence-corrected chi connectivity index (χ4v) is 4.44. The summed E-state index contributed by atoms with van der Waals surface area (Å²) in [6.07, 6.45) is 6.80. The van der Waals surface area contributed by atoms with Gasteiger partial charge in [-0.15, -0.1) is 0 Å². The zero-order valence-electron chi connectivity index (χ0n) is 17.1. The average molecular weight is 380 g/mol. The van der Waals surface area contributed by atoms with Crippen molar-refractivity contribution in [1.82, 2.24) is 4.90 Å². The van der Waals surface area contributed by atoms with E-state index in [9.17, 15) is 4.79 Å². The summed E-state index contributed by atoms with van der Waals surface area (Å²) in [5, 5.41) is 0. The Hall–Kier alpha value is -2.13. The molecule has 0 spiro atoms. The molecule has 1 aliphatic carbocycles. The maximum absolute atomic E-state index is 12.3. The van der Waals surface area contributed by atoms with Crippen molar-refractivity contribution in [2.45, 2.75) is 51.6 Å². The number of hydrogen-bond donors (Lipinski definition) is 0. The molecule has 3 heteroatoms. The molecule has 2 aromatic carbocycles. The Kier molecular flexibility index (Phi) is 8.10. The van der Waals surface area contributed by atoms with E-state index in [2.05, 4.69) is 65.6 Å². The summed E-state index contributed by atoms with van der Waals surface area (Å²) >= 11 is 0. The van der Waals surface area contributed by atoms with Crippen molar-refractivity contribution >= 4 is 5.97 Å². The monoisotopic (exact) mass is 379 g/mol. The highest BCUT2D eigenvalue weighted by Crippen LogP contribution is 2.32. The molecule has 0 radical (unpaired) electrons. The van der Waals surface area contributed by atoms with E-state index >= 15 is 0 Å². The van der Waals surface area contributed by atoms with Crippen LogP contribution in [0.3, 0.4) is 0 Å². The second-order valence-corrected chi connectivity index (χ2v) is 8.00. The first kappa shape index (κ1) is 20.6. The van der Waals surface area contributed by atoms with E-state index in [0.29, 0.717) is 5.92 Å². The Morgan fingerprint density at radius 3 is 2.04 bits per heavy atom. The molecule has 1 saturated carbocycles. The van der Waals surface area contributed by atoms with Crippen molar-refractivity contribution in [3.05, 3.63) is 71.8 Å². The van der Waals surface area contributed by atoms with Crippen molar-refractivity contribution in [3.63, 3.8) is 0 Å². The molecule has 1 unspecified atom stereocenters. The minimum absolute atomic E-state index is 0.00966. The molecule has 0 heterocycles. The Labute approximate surface area is 169 Å². The van der Waals surface area contributed by atoms with Gasteiger partial charge in [0.1, 0.15) is 0 Å². The largest absolute Gasteiger partial charge is 0.469 e. The number of benzene rings is 2. The summed E-state index contributed by atoms with van der Waals surface area (Å²) in [6, 6.07) is 21.3. The summed E-state index contributed by atoms with van der Waals surface area (Å²) in [5.74, 6) is 0.497. The standard InChI is InChI=1S/C25H33NO2/c1-28-25(27)24-16-10-4-9-15-23(24)17-18-26(19-21-11-5-2-6-12-21)20-22-13-7-3-8-14-22/h2-3,5-8,11-14,23-24H,4,9-10,15-20H2,1H3/t23?,24-/m1/s1. The van der Waals surface area contributed by atoms with E-state index < -0.39 is 0 Å². The molecule has 2 atom stereocenters. The predicted molar refractivity (Wildman–Crippen MR) is 114 cm³/mol. The van der Waals surface area contributed by atoms with Gasteiger partial charge in [0.2, 0.25) is 0 Å². The van der Waals surface area contributed by atoms with Crippen LogP contribution in [-0.4, -0.2) is 24.5 Å². The van der Waals surface area contributed by atoms with E-state index in [-0.39, 0.29) is 11.9 Å². The third kappa shape index (κ3) is 6.20. The molecule has 0 saturated heterocycles. The van der Waals surface area contributed by atoms with Gasteiger partial charge < -0.3 is 4.74 Å². The summed E-state index contributed by atoms with van der Waals surface area (Å²) in [6.45, 7) is 2.87. The fraction of sp³-hybridized carbons (Fsp3) is 0.480. The van der Waals surface area contributed by atoms with Crippen LogP contribution in [0.4, 0.5) is 0 Å². The van der Waals surface area contributed by atoms with Crippen molar-refractivity contribution in [2.24, 2.45) is 11.8 Å². The van der Waals surface area contributed by atoms with Crippen molar-refractivity contribution < 1.29 is 9.53 Å². The lowest BCUT2D eigenvalue weighted by molar-refractivity contribution is -0.147. The zero-order chi connectivity index (χ0) is 19.6. The minimum Gasteiger partial charge on any atom is -0.469 e. The number of rotatable bonds is 8. The molecule has 0 bridgehead atoms. The van der Waals surface area contributed by atoms with Gasteiger partial charge >= 0.3 is 5.97 Å². The molecule has 0 aliphatic heterocycles. The first-order chi connectivity index (χ1) is 13.8. The summed E-state index contributed by atoms with van der Waals surface area (Å²) in [4.78, 5) is 14.8. The molecule has 2 aromatic rings. The quantitative estimate of drug-likeness (QED) is 0.451. The third-order valence-corrected chi connectivity index (χ3v) is 5.98. The lowest BCUT2D eigenvalue weighted by Crippen LogP contribution is -2.30. The number of carbonyl (C=O) groups excluding carboxylic acids is 1. The molecule has 1 fully saturated rings. The molecular weight excluding hydrogens is 346 g/mol. The van der Waals surface area contributed by atoms with Gasteiger partial charge in [0.15, 0.2) is 0 Å². The van der Waals surface area contributed by atoms with Crippen LogP contribution >= 0.6 is 0 Å². The summed E-state index contributed by atoms with van der Waals surface area (Å²) in [7, 11) is 1.53. The maximum Gasteiger partial charge on any atom is 0.308 e. The Morgan fingerprint density at radius 1 is 0.893 bits per heavy atom. The van der Waals surface area contributed by atoms with Crippen molar-refractivity contribution in [1.29, 1.82) is 0 Å². The average Bonchev–Trinajstić information content (AvgIpc) is 2.98. The second-order valence-electron chi connectivity index (χ2n) is 8.00. The number of ether oxygens (including phenoxy) is 1. The van der Waals surface area contributed by atoms with Gasteiger partial charge in [-0.05, 0) is 42.9 Å². The SMILES string of the molecule is COC(=O)[C@@H]1CCCCCC1CCN(Cc1ccccc1)Cc1ccccc1. The molecule has 3 nitrogen and oxygen atoms in total. The van der Waals surface area contributed by atoms with Gasteiger partial charge in [-0.25, -0.2) is 0 Å². The molecule has 150 valence electrons. The minimum atomic E-state index is -0.00966. The molecule has 0 N–H and O–H groups in total. The van der Waals surface area contributed by atoms with Gasteiger partial charge in [-0.1, -0.05) is 79.9 Å². The van der Waals surface area contributed by atoms with Crippen LogP contribution in [-0.2, 0) is 22.6 Å². The van der Waals surface area contributed by atoms with Gasteiger partial charge in [0.25, 0.3) is 0 Å². The van der Waals surface area contributed by atoms with Crippen LogP contribution in [0.15, 0.2) is 60.7 Å². The Bertz CT molecular complexity index is 660. The van der Waals surface area contributed by atoms with E-state index in [1.54, 1.807) is 0 Å². The first-order valence-corrected chi connectivity index (χ1v) is 10.6. The van der Waals surface area contributed by atoms with Crippen LogP contribution in [0.2, 0.25) is 0 Å². The lowest BCUT2D eigenvalue weighted by Gasteiger charge is -2.28. The topological polar surface area (TPSA) is 29.5 Å². The lowest BCUT2D eigenvalue weighted by atomic mass is 9.85. The number of hydrogen-bond acceptors (Lipinski definition) is 3. The molecule has 0 amide bonds. The van der Waals surface area contributed by atoms with E-state index in [4.69, 9.17) is 4.74 Å². The molecule has 0 aromatic heterocycles. The predicted octanol–water partition coefficient (Wildman–Crippen LogP) is 5.45. The summed E-state index contributed by atoms with van der Waals surface area (Å²) < 4.78 is 5.12. The molecule has 1 aliphatic rings. The number of carbonyl (C=O) groups is 1. The van der Waals surface area contributed by atoms with Gasteiger partial charge in [-0.3, -0.25) is 9.69 Å². The first-order valence-electron chi connectivity index (χ1n) is 10.6. The second kappa shape index (κ2) is 11.0. The number of esters is 1. The number of nitrogens with zero attached hydrogens (tertiary/aromatic N) is 1. The van der Waals surface area contributed by atoms with Crippen molar-refractivity contribution in [3.8, 4) is 0 Å². The highest BCUT2D eigenvalue weighted by atomic mass is 16.5. The van der Waals surface area contributed by atoms with E-state index in [1.807, 2.05) is 0 Å². The van der Waals surface area contributed by atoms with E-state index in [1.165, 1.54) is 31.1 Å². The van der Waals surface area contributed by atoms with E-state index in [0.717, 1.165) is 45.3 Å². The molecular formula is C25H33NO2. The van der Waals surface area contributed by atoms with Gasteiger partial charge in [0.05, 0.1) is 13.0 Å². The zero-order valence-corrected chi connectivity index (χ0v) is 17.1. The van der Waals surface area contributed by atoms with Gasteiger partial charge in [0, 0.05) is 13.1 Å². The van der Waals surface area contributed by atoms with Crippen molar-refractivity contribution in [2.75, 3.05) is 13.7 Å². The smallest absolute Gasteiger partial charge is 0.308 e. The molecule has 28 heavy (non-hydrogen) atoms.